The highest BCUT2D eigenvalue weighted by molar-refractivity contribution is 5.33. The number of nitrogens with one attached hydrogen (secondary N) is 1. The molecule has 0 saturated carbocycles. The maximum absolute atomic E-state index is 9.04. The average Bonchev–Trinajstić information content (AvgIpc) is 2.46. The molecule has 0 spiro atoms. The third-order valence-electron chi connectivity index (χ3n) is 3.25. The van der Waals surface area contributed by atoms with Crippen LogP contribution in [0, 0.1) is 17.2 Å². The lowest BCUT2D eigenvalue weighted by Gasteiger charge is -2.16. The molecule has 2 N–H and O–H groups in total. The highest BCUT2D eigenvalue weighted by Gasteiger charge is 2.08. The van der Waals surface area contributed by atoms with E-state index < -0.39 is 0 Å². The minimum absolute atomic E-state index is 0.0694. The van der Waals surface area contributed by atoms with Gasteiger partial charge in [0.05, 0.1) is 0 Å². The van der Waals surface area contributed by atoms with Crippen molar-refractivity contribution in [2.24, 2.45) is 5.92 Å². The van der Waals surface area contributed by atoms with Gasteiger partial charge in [-0.1, -0.05) is 31.5 Å². The molecular weight excluding hydrogens is 252 g/mol. The molecule has 1 aromatic rings. The van der Waals surface area contributed by atoms with Crippen LogP contribution in [0.4, 0.5) is 0 Å². The van der Waals surface area contributed by atoms with Gasteiger partial charge < -0.3 is 15.2 Å². The monoisotopic (exact) mass is 276 g/mol. The Kier molecular flexibility index (Phi) is 8.44. The number of nitrogens with zero attached hydrogens (tertiary/aromatic N) is 1. The largest absolute Gasteiger partial charge is 0.478 e. The van der Waals surface area contributed by atoms with Gasteiger partial charge in [-0.3, -0.25) is 0 Å². The molecule has 0 heterocycles. The molecule has 4 nitrogen and oxygen atoms in total. The van der Waals surface area contributed by atoms with Gasteiger partial charge in [0.1, 0.15) is 11.8 Å². The van der Waals surface area contributed by atoms with Gasteiger partial charge in [-0.05, 0) is 31.4 Å². The smallest absolute Gasteiger partial charge is 0.174 e. The lowest BCUT2D eigenvalue weighted by Crippen LogP contribution is -2.23. The van der Waals surface area contributed by atoms with Gasteiger partial charge in [-0.15, -0.1) is 0 Å². The van der Waals surface area contributed by atoms with Crippen molar-refractivity contribution in [3.8, 4) is 11.8 Å². The highest BCUT2D eigenvalue weighted by Crippen LogP contribution is 2.18. The SMILES string of the molecule is CCCC(CCO)CNCc1ccccc1OCC#N. The molecule has 0 bridgehead atoms. The van der Waals surface area contributed by atoms with E-state index in [2.05, 4.69) is 12.2 Å². The third-order valence-corrected chi connectivity index (χ3v) is 3.25. The van der Waals surface area contributed by atoms with Crippen molar-refractivity contribution in [3.05, 3.63) is 29.8 Å². The molecule has 1 aromatic carbocycles. The summed E-state index contributed by atoms with van der Waals surface area (Å²) in [6, 6.07) is 9.73. The van der Waals surface area contributed by atoms with Gasteiger partial charge in [0.25, 0.3) is 0 Å². The standard InChI is InChI=1S/C16H24N2O2/c1-2-5-14(8-10-19)12-18-13-15-6-3-4-7-16(15)20-11-9-17/h3-4,6-7,14,18-19H,2,5,8,10-13H2,1H3. The summed E-state index contributed by atoms with van der Waals surface area (Å²) in [5, 5.41) is 21.0. The van der Waals surface area contributed by atoms with Crippen LogP contribution in [0.5, 0.6) is 5.75 Å². The Labute approximate surface area is 121 Å². The van der Waals surface area contributed by atoms with Crippen LogP contribution in [0.25, 0.3) is 0 Å². The zero-order valence-electron chi connectivity index (χ0n) is 12.1. The van der Waals surface area contributed by atoms with Crippen LogP contribution in [0.3, 0.4) is 0 Å². The molecular formula is C16H24N2O2. The summed E-state index contributed by atoms with van der Waals surface area (Å²) in [5.74, 6) is 1.27. The van der Waals surface area contributed by atoms with E-state index in [4.69, 9.17) is 15.1 Å². The molecule has 0 aliphatic rings. The molecule has 0 saturated heterocycles. The van der Waals surface area contributed by atoms with E-state index in [1.54, 1.807) is 0 Å². The van der Waals surface area contributed by atoms with Gasteiger partial charge in [0.2, 0.25) is 0 Å². The number of hydrogen-bond donors (Lipinski definition) is 2. The number of ether oxygens (including phenoxy) is 1. The van der Waals surface area contributed by atoms with Crippen molar-refractivity contribution in [1.82, 2.24) is 5.32 Å². The Hall–Kier alpha value is -1.57. The van der Waals surface area contributed by atoms with Crippen LogP contribution < -0.4 is 10.1 Å². The Morgan fingerprint density at radius 3 is 2.85 bits per heavy atom. The molecule has 20 heavy (non-hydrogen) atoms. The Morgan fingerprint density at radius 2 is 2.15 bits per heavy atom. The number of nitriles is 1. The molecule has 0 aliphatic carbocycles. The molecule has 0 radical (unpaired) electrons. The molecule has 1 rings (SSSR count). The number of rotatable bonds is 10. The second-order valence-electron chi connectivity index (χ2n) is 4.85. The second kappa shape index (κ2) is 10.2. The normalized spacial score (nSPS) is 11.8. The first-order chi connectivity index (χ1) is 9.81. The van der Waals surface area contributed by atoms with Crippen LogP contribution in [0.15, 0.2) is 24.3 Å². The van der Waals surface area contributed by atoms with Crippen molar-refractivity contribution in [2.45, 2.75) is 32.7 Å². The third kappa shape index (κ3) is 6.05. The molecule has 0 aliphatic heterocycles. The lowest BCUT2D eigenvalue weighted by atomic mass is 10.00. The van der Waals surface area contributed by atoms with Crippen molar-refractivity contribution in [2.75, 3.05) is 19.8 Å². The topological polar surface area (TPSA) is 65.3 Å². The summed E-state index contributed by atoms with van der Waals surface area (Å²) in [6.45, 7) is 4.08. The fourth-order valence-electron chi connectivity index (χ4n) is 2.25. The maximum Gasteiger partial charge on any atom is 0.174 e. The van der Waals surface area contributed by atoms with E-state index in [0.717, 1.165) is 37.1 Å². The lowest BCUT2D eigenvalue weighted by molar-refractivity contribution is 0.248. The van der Waals surface area contributed by atoms with Crippen LogP contribution in [-0.4, -0.2) is 24.9 Å². The Bertz CT molecular complexity index is 409. The minimum atomic E-state index is 0.0694. The van der Waals surface area contributed by atoms with Gasteiger partial charge >= 0.3 is 0 Å². The Morgan fingerprint density at radius 1 is 1.35 bits per heavy atom. The molecule has 110 valence electrons. The summed E-state index contributed by atoms with van der Waals surface area (Å²) in [7, 11) is 0. The first-order valence-electron chi connectivity index (χ1n) is 7.21. The van der Waals surface area contributed by atoms with Crippen molar-refractivity contribution < 1.29 is 9.84 Å². The van der Waals surface area contributed by atoms with Gasteiger partial charge in [0.15, 0.2) is 6.61 Å². The summed E-state index contributed by atoms with van der Waals surface area (Å²) >= 11 is 0. The van der Waals surface area contributed by atoms with E-state index in [9.17, 15) is 0 Å². The number of aliphatic hydroxyl groups excluding tert-OH is 1. The first kappa shape index (κ1) is 16.5. The Balaban J connectivity index is 2.46. The zero-order chi connectivity index (χ0) is 14.6. The fraction of sp³-hybridized carbons (Fsp3) is 0.562. The van der Waals surface area contributed by atoms with Crippen molar-refractivity contribution in [1.29, 1.82) is 5.26 Å². The van der Waals surface area contributed by atoms with Crippen molar-refractivity contribution in [3.63, 3.8) is 0 Å². The summed E-state index contributed by atoms with van der Waals surface area (Å²) < 4.78 is 5.40. The second-order valence-corrected chi connectivity index (χ2v) is 4.85. The highest BCUT2D eigenvalue weighted by atomic mass is 16.5. The number of aliphatic hydroxyl groups is 1. The minimum Gasteiger partial charge on any atom is -0.478 e. The van der Waals surface area contributed by atoms with E-state index >= 15 is 0 Å². The van der Waals surface area contributed by atoms with Crippen LogP contribution in [0.1, 0.15) is 31.7 Å². The van der Waals surface area contributed by atoms with E-state index in [1.807, 2.05) is 30.3 Å². The van der Waals surface area contributed by atoms with Crippen LogP contribution in [-0.2, 0) is 6.54 Å². The van der Waals surface area contributed by atoms with Gasteiger partial charge in [-0.25, -0.2) is 0 Å². The predicted octanol–water partition coefficient (Wildman–Crippen LogP) is 2.48. The summed E-state index contributed by atoms with van der Waals surface area (Å²) in [4.78, 5) is 0. The van der Waals surface area contributed by atoms with Crippen molar-refractivity contribution >= 4 is 0 Å². The average molecular weight is 276 g/mol. The number of hydrogen-bond acceptors (Lipinski definition) is 4. The van der Waals surface area contributed by atoms with Gasteiger partial charge in [-0.2, -0.15) is 5.26 Å². The van der Waals surface area contributed by atoms with E-state index in [1.165, 1.54) is 0 Å². The molecule has 0 amide bonds. The zero-order valence-corrected chi connectivity index (χ0v) is 12.1. The molecule has 1 atom stereocenters. The van der Waals surface area contributed by atoms with E-state index in [0.29, 0.717) is 12.5 Å². The quantitative estimate of drug-likeness (QED) is 0.689. The maximum atomic E-state index is 9.04. The molecule has 0 fully saturated rings. The summed E-state index contributed by atoms with van der Waals surface area (Å²) in [6.07, 6.45) is 3.10. The van der Waals surface area contributed by atoms with Crippen LogP contribution >= 0.6 is 0 Å². The summed E-state index contributed by atoms with van der Waals surface area (Å²) in [5.41, 5.74) is 1.06. The number of para-hydroxylation sites is 1. The number of benzene rings is 1. The van der Waals surface area contributed by atoms with Crippen LogP contribution in [0.2, 0.25) is 0 Å². The van der Waals surface area contributed by atoms with E-state index in [-0.39, 0.29) is 13.2 Å². The predicted molar refractivity (Wildman–Crippen MR) is 79.4 cm³/mol. The molecule has 1 unspecified atom stereocenters. The first-order valence-corrected chi connectivity index (χ1v) is 7.21. The fourth-order valence-corrected chi connectivity index (χ4v) is 2.25. The molecule has 4 heteroatoms. The molecule has 0 aromatic heterocycles. The van der Waals surface area contributed by atoms with Gasteiger partial charge in [0, 0.05) is 18.7 Å².